The zero-order valence-electron chi connectivity index (χ0n) is 52.6. The van der Waals surface area contributed by atoms with Crippen molar-refractivity contribution >= 4 is 17.9 Å². The van der Waals surface area contributed by atoms with E-state index in [9.17, 15) is 19.5 Å². The molecule has 0 aliphatic rings. The number of quaternary nitrogens is 1. The smallest absolute Gasteiger partial charge is 0.306 e. The average Bonchev–Trinajstić information content (AvgIpc) is 3.41. The normalized spacial score (nSPS) is 12.8. The maximum Gasteiger partial charge on any atom is 0.306 e. The largest absolute Gasteiger partial charge is 0.545 e. The first-order chi connectivity index (χ1) is 38.1. The SMILES string of the molecule is CCCCCCC/C=C\C/C=C\CCCCCCCCCCCCCCCCCCCC(=O)OC(COC(=O)CCCCCCCCCCCCCCCCCCCCCCCCCC)COC(OCC[N+](C)(C)C)C(=O)[O-]. The summed E-state index contributed by atoms with van der Waals surface area (Å²) >= 11 is 0. The molecule has 0 bridgehead atoms. The number of aliphatic carboxylic acids is 1. The Morgan fingerprint density at radius 1 is 0.385 bits per heavy atom. The van der Waals surface area contributed by atoms with Gasteiger partial charge < -0.3 is 33.3 Å². The number of likely N-dealkylation sites (N-methyl/N-ethyl adjacent to an activating group) is 1. The molecule has 0 aliphatic heterocycles. The lowest BCUT2D eigenvalue weighted by molar-refractivity contribution is -0.870. The maximum absolute atomic E-state index is 12.9. The Bertz CT molecular complexity index is 1330. The topological polar surface area (TPSA) is 111 Å². The number of carboxylic acid groups (broad SMARTS) is 1. The molecule has 78 heavy (non-hydrogen) atoms. The Kier molecular flexibility index (Phi) is 59.1. The molecular weight excluding hydrogens is 971 g/mol. The quantitative estimate of drug-likeness (QED) is 0.0195. The molecule has 0 saturated carbocycles. The number of hydrogen-bond acceptors (Lipinski definition) is 8. The van der Waals surface area contributed by atoms with Gasteiger partial charge in [-0.1, -0.05) is 308 Å². The lowest BCUT2D eigenvalue weighted by Gasteiger charge is -2.26. The molecule has 0 aromatic heterocycles. The molecule has 0 aromatic rings. The van der Waals surface area contributed by atoms with Crippen LogP contribution in [0.1, 0.15) is 341 Å². The zero-order valence-corrected chi connectivity index (χ0v) is 52.6. The van der Waals surface area contributed by atoms with Crippen molar-refractivity contribution < 1.29 is 42.9 Å². The second-order valence-electron chi connectivity index (χ2n) is 24.5. The summed E-state index contributed by atoms with van der Waals surface area (Å²) in [5.41, 5.74) is 0. The van der Waals surface area contributed by atoms with Crippen LogP contribution in [0.2, 0.25) is 0 Å². The Hall–Kier alpha value is -2.23. The fourth-order valence-corrected chi connectivity index (χ4v) is 10.2. The van der Waals surface area contributed by atoms with Crippen LogP contribution in [0.4, 0.5) is 0 Å². The van der Waals surface area contributed by atoms with Crippen LogP contribution in [0.15, 0.2) is 24.3 Å². The summed E-state index contributed by atoms with van der Waals surface area (Å²) < 4.78 is 22.8. The van der Waals surface area contributed by atoms with Crippen LogP contribution >= 0.6 is 0 Å². The Morgan fingerprint density at radius 3 is 1.01 bits per heavy atom. The number of unbranched alkanes of at least 4 members (excludes halogenated alkanes) is 45. The molecular formula is C69H131NO8. The van der Waals surface area contributed by atoms with Gasteiger partial charge in [-0.3, -0.25) is 9.59 Å². The summed E-state index contributed by atoms with van der Waals surface area (Å²) in [4.78, 5) is 37.4. The molecule has 0 amide bonds. The molecule has 0 aromatic carbocycles. The fourth-order valence-electron chi connectivity index (χ4n) is 10.2. The minimum absolute atomic E-state index is 0.151. The minimum Gasteiger partial charge on any atom is -0.545 e. The zero-order chi connectivity index (χ0) is 56.9. The van der Waals surface area contributed by atoms with E-state index in [1.165, 1.54) is 270 Å². The van der Waals surface area contributed by atoms with Crippen molar-refractivity contribution in [1.82, 2.24) is 0 Å². The van der Waals surface area contributed by atoms with E-state index in [1.54, 1.807) is 0 Å². The molecule has 0 aliphatic carbocycles. The number of esters is 2. The summed E-state index contributed by atoms with van der Waals surface area (Å²) in [7, 11) is 5.94. The van der Waals surface area contributed by atoms with E-state index in [1.807, 2.05) is 21.1 Å². The van der Waals surface area contributed by atoms with Gasteiger partial charge in [-0.15, -0.1) is 0 Å². The maximum atomic E-state index is 12.9. The van der Waals surface area contributed by atoms with Crippen LogP contribution in [0, 0.1) is 0 Å². The molecule has 0 saturated heterocycles. The molecule has 0 spiro atoms. The van der Waals surface area contributed by atoms with Crippen LogP contribution in [0.25, 0.3) is 0 Å². The lowest BCUT2D eigenvalue weighted by atomic mass is 10.0. The Morgan fingerprint density at radius 2 is 0.692 bits per heavy atom. The second kappa shape index (κ2) is 60.9. The van der Waals surface area contributed by atoms with Gasteiger partial charge in [0.2, 0.25) is 0 Å². The van der Waals surface area contributed by atoms with Crippen molar-refractivity contribution in [3.63, 3.8) is 0 Å². The standard InChI is InChI=1S/C69H131NO8/c1-6-8-10-12-14-16-18-20-22-24-26-28-30-32-33-34-35-36-38-40-42-44-46-48-50-52-54-56-58-60-67(72)78-65(64-77-69(68(73)74)75-62-61-70(3,4)5)63-76-66(71)59-57-55-53-51-49-47-45-43-41-39-37-31-29-27-25-23-21-19-17-15-13-11-9-7-2/h18,20,24,26,65,69H,6-17,19,21-23,25,27-64H2,1-5H3/b20-18-,26-24-. The molecule has 9 nitrogen and oxygen atoms in total. The van der Waals surface area contributed by atoms with Gasteiger partial charge in [-0.05, 0) is 44.9 Å². The average molecular weight is 1100 g/mol. The molecule has 9 heteroatoms. The van der Waals surface area contributed by atoms with Gasteiger partial charge in [0.25, 0.3) is 0 Å². The van der Waals surface area contributed by atoms with Crippen molar-refractivity contribution in [2.75, 3.05) is 47.5 Å². The predicted molar refractivity (Wildman–Crippen MR) is 330 cm³/mol. The number of allylic oxidation sites excluding steroid dienone is 4. The third kappa shape index (κ3) is 61.4. The molecule has 0 radical (unpaired) electrons. The van der Waals surface area contributed by atoms with Crippen LogP contribution in [0.5, 0.6) is 0 Å². The Labute approximate surface area is 484 Å². The number of rotatable bonds is 64. The first kappa shape index (κ1) is 75.8. The number of hydrogen-bond donors (Lipinski definition) is 0. The summed E-state index contributed by atoms with van der Waals surface area (Å²) in [6, 6.07) is 0. The van der Waals surface area contributed by atoms with E-state index in [0.717, 1.165) is 44.9 Å². The first-order valence-electron chi connectivity index (χ1n) is 34.0. The van der Waals surface area contributed by atoms with Crippen LogP contribution in [-0.2, 0) is 33.3 Å². The Balaban J connectivity index is 4.09. The first-order valence-corrected chi connectivity index (χ1v) is 34.0. The number of carboxylic acids is 1. The van der Waals surface area contributed by atoms with Gasteiger partial charge in [0.15, 0.2) is 12.4 Å². The number of nitrogens with zero attached hydrogens (tertiary/aromatic N) is 1. The number of ether oxygens (including phenoxy) is 4. The molecule has 0 heterocycles. The van der Waals surface area contributed by atoms with Gasteiger partial charge in [0, 0.05) is 12.8 Å². The molecule has 0 fully saturated rings. The second-order valence-corrected chi connectivity index (χ2v) is 24.5. The van der Waals surface area contributed by atoms with E-state index >= 15 is 0 Å². The highest BCUT2D eigenvalue weighted by Crippen LogP contribution is 2.19. The highest BCUT2D eigenvalue weighted by atomic mass is 16.7. The van der Waals surface area contributed by atoms with E-state index in [-0.39, 0.29) is 32.2 Å². The summed E-state index contributed by atoms with van der Waals surface area (Å²) in [5, 5.41) is 11.8. The number of carbonyl (C=O) groups is 3. The van der Waals surface area contributed by atoms with Crippen LogP contribution in [-0.4, -0.2) is 82.3 Å². The van der Waals surface area contributed by atoms with Crippen molar-refractivity contribution in [2.24, 2.45) is 0 Å². The van der Waals surface area contributed by atoms with Crippen LogP contribution in [0.3, 0.4) is 0 Å². The van der Waals surface area contributed by atoms with E-state index in [4.69, 9.17) is 18.9 Å². The molecule has 2 unspecified atom stereocenters. The van der Waals surface area contributed by atoms with Crippen LogP contribution < -0.4 is 5.11 Å². The summed E-state index contributed by atoms with van der Waals surface area (Å²) in [6.07, 6.45) is 71.1. The predicted octanol–water partition coefficient (Wildman–Crippen LogP) is 19.3. The lowest BCUT2D eigenvalue weighted by Crippen LogP contribution is -2.44. The van der Waals surface area contributed by atoms with E-state index < -0.39 is 24.3 Å². The van der Waals surface area contributed by atoms with Crippen molar-refractivity contribution in [3.05, 3.63) is 24.3 Å². The number of carbonyl (C=O) groups excluding carboxylic acids is 3. The van der Waals surface area contributed by atoms with Crippen molar-refractivity contribution in [3.8, 4) is 0 Å². The highest BCUT2D eigenvalue weighted by Gasteiger charge is 2.22. The third-order valence-corrected chi connectivity index (χ3v) is 15.5. The van der Waals surface area contributed by atoms with Gasteiger partial charge in [-0.2, -0.15) is 0 Å². The third-order valence-electron chi connectivity index (χ3n) is 15.5. The fraction of sp³-hybridized carbons (Fsp3) is 0.899. The van der Waals surface area contributed by atoms with Gasteiger partial charge in [0.05, 0.1) is 40.3 Å². The van der Waals surface area contributed by atoms with Crippen molar-refractivity contribution in [2.45, 2.75) is 354 Å². The molecule has 460 valence electrons. The molecule has 0 N–H and O–H groups in total. The van der Waals surface area contributed by atoms with Gasteiger partial charge >= 0.3 is 11.9 Å². The molecule has 0 rings (SSSR count). The summed E-state index contributed by atoms with van der Waals surface area (Å²) in [6.45, 7) is 4.81. The highest BCUT2D eigenvalue weighted by molar-refractivity contribution is 5.70. The van der Waals surface area contributed by atoms with E-state index in [0.29, 0.717) is 17.4 Å². The minimum atomic E-state index is -1.62. The monoisotopic (exact) mass is 1100 g/mol. The van der Waals surface area contributed by atoms with E-state index in [2.05, 4.69) is 38.2 Å². The molecule has 2 atom stereocenters. The van der Waals surface area contributed by atoms with Crippen molar-refractivity contribution in [1.29, 1.82) is 0 Å². The van der Waals surface area contributed by atoms with Gasteiger partial charge in [0.1, 0.15) is 13.2 Å². The summed E-state index contributed by atoms with van der Waals surface area (Å²) in [5.74, 6) is -2.25. The van der Waals surface area contributed by atoms with Gasteiger partial charge in [-0.25, -0.2) is 0 Å².